The van der Waals surface area contributed by atoms with Crippen LogP contribution in [0, 0.1) is 0 Å². The Morgan fingerprint density at radius 1 is 1.44 bits per heavy atom. The van der Waals surface area contributed by atoms with Crippen molar-refractivity contribution in [1.82, 2.24) is 24.7 Å². The molecule has 0 amide bonds. The molecule has 0 saturated heterocycles. The number of ether oxygens (including phenoxy) is 1. The maximum absolute atomic E-state index is 5.91. The van der Waals surface area contributed by atoms with Crippen molar-refractivity contribution in [3.8, 4) is 11.5 Å². The van der Waals surface area contributed by atoms with Gasteiger partial charge < -0.3 is 9.26 Å². The van der Waals surface area contributed by atoms with Crippen molar-refractivity contribution >= 4 is 17.2 Å². The van der Waals surface area contributed by atoms with Gasteiger partial charge in [0.05, 0.1) is 0 Å². The summed E-state index contributed by atoms with van der Waals surface area (Å²) in [5.41, 5.74) is 1.04. The van der Waals surface area contributed by atoms with E-state index >= 15 is 0 Å². The molecule has 0 unspecified atom stereocenters. The van der Waals surface area contributed by atoms with Crippen molar-refractivity contribution in [2.75, 3.05) is 7.11 Å². The van der Waals surface area contributed by atoms with E-state index in [0.29, 0.717) is 29.5 Å². The Balaban J connectivity index is 2.10. The number of halogens is 1. The fourth-order valence-electron chi connectivity index (χ4n) is 1.60. The van der Waals surface area contributed by atoms with Gasteiger partial charge in [-0.15, -0.1) is 10.2 Å². The molecule has 0 aliphatic carbocycles. The summed E-state index contributed by atoms with van der Waals surface area (Å²) in [4.78, 5) is 3.93. The lowest BCUT2D eigenvalue weighted by Crippen LogP contribution is -1.90. The molecule has 3 rings (SSSR count). The minimum absolute atomic E-state index is 0.289. The van der Waals surface area contributed by atoms with Crippen LogP contribution < -0.4 is 0 Å². The lowest BCUT2D eigenvalue weighted by Gasteiger charge is -1.95. The molecule has 0 saturated carbocycles. The summed E-state index contributed by atoms with van der Waals surface area (Å²) < 4.78 is 11.8. The lowest BCUT2D eigenvalue weighted by molar-refractivity contribution is 0.156. The zero-order valence-corrected chi connectivity index (χ0v) is 10.1. The summed E-state index contributed by atoms with van der Waals surface area (Å²) in [5.74, 6) is 1.16. The largest absolute Gasteiger partial charge is 0.377 e. The highest BCUT2D eigenvalue weighted by Crippen LogP contribution is 2.20. The summed E-state index contributed by atoms with van der Waals surface area (Å²) in [5, 5.41) is 12.2. The first kappa shape index (κ1) is 11.1. The average Bonchev–Trinajstić information content (AvgIpc) is 2.96. The average molecular weight is 266 g/mol. The number of fused-ring (bicyclic) bond motifs is 1. The first-order valence-electron chi connectivity index (χ1n) is 5.09. The Hall–Kier alpha value is -1.99. The van der Waals surface area contributed by atoms with Crippen LogP contribution in [0.3, 0.4) is 0 Å². The Labute approximate surface area is 106 Å². The van der Waals surface area contributed by atoms with Gasteiger partial charge in [0.1, 0.15) is 6.61 Å². The van der Waals surface area contributed by atoms with Crippen LogP contribution in [0.5, 0.6) is 0 Å². The lowest BCUT2D eigenvalue weighted by atomic mass is 10.3. The highest BCUT2D eigenvalue weighted by Gasteiger charge is 2.14. The smallest absolute Gasteiger partial charge is 0.198 e. The van der Waals surface area contributed by atoms with Crippen LogP contribution in [0.1, 0.15) is 5.76 Å². The molecule has 7 nitrogen and oxygen atoms in total. The number of hydrogen-bond donors (Lipinski definition) is 0. The summed E-state index contributed by atoms with van der Waals surface area (Å²) in [6.45, 7) is 0.353. The first-order valence-corrected chi connectivity index (χ1v) is 5.47. The molecule has 0 aromatic carbocycles. The van der Waals surface area contributed by atoms with Crippen molar-refractivity contribution in [2.45, 2.75) is 6.61 Å². The molecule has 92 valence electrons. The molecular formula is C10H8ClN5O2. The highest BCUT2D eigenvalue weighted by molar-refractivity contribution is 6.32. The molecule has 3 heterocycles. The summed E-state index contributed by atoms with van der Waals surface area (Å²) in [7, 11) is 1.58. The number of nitrogens with zero attached hydrogens (tertiary/aromatic N) is 5. The van der Waals surface area contributed by atoms with Crippen LogP contribution in [0.2, 0.25) is 5.15 Å². The Bertz CT molecular complexity index is 692. The quantitative estimate of drug-likeness (QED) is 0.715. The van der Waals surface area contributed by atoms with Crippen LogP contribution >= 0.6 is 11.6 Å². The fourth-order valence-corrected chi connectivity index (χ4v) is 1.78. The zero-order valence-electron chi connectivity index (χ0n) is 9.37. The second-order valence-electron chi connectivity index (χ2n) is 3.55. The molecule has 0 bridgehead atoms. The van der Waals surface area contributed by atoms with Crippen LogP contribution in [-0.2, 0) is 11.3 Å². The molecule has 0 aliphatic rings. The third-order valence-electron chi connectivity index (χ3n) is 2.36. The fraction of sp³-hybridized carbons (Fsp3) is 0.200. The molecule has 3 aromatic heterocycles. The topological polar surface area (TPSA) is 78.3 Å². The minimum atomic E-state index is 0.289. The highest BCUT2D eigenvalue weighted by atomic mass is 35.5. The molecule has 0 N–H and O–H groups in total. The molecule has 18 heavy (non-hydrogen) atoms. The number of rotatable bonds is 3. The van der Waals surface area contributed by atoms with E-state index in [0.717, 1.165) is 0 Å². The summed E-state index contributed by atoms with van der Waals surface area (Å²) in [6, 6.07) is 1.74. The second kappa shape index (κ2) is 4.35. The molecule has 0 fully saturated rings. The van der Waals surface area contributed by atoms with E-state index in [9.17, 15) is 0 Å². The SMILES string of the molecule is COCc1cc(-c2nnc3c(Cl)nccn23)no1. The van der Waals surface area contributed by atoms with Gasteiger partial charge in [-0.3, -0.25) is 4.40 Å². The molecule has 0 aliphatic heterocycles. The first-order chi connectivity index (χ1) is 8.79. The minimum Gasteiger partial charge on any atom is -0.377 e. The Morgan fingerprint density at radius 3 is 3.17 bits per heavy atom. The number of hydrogen-bond acceptors (Lipinski definition) is 6. The standard InChI is InChI=1S/C10H8ClN5O2/c1-17-5-6-4-7(15-18-6)9-13-14-10-8(11)12-2-3-16(9)10/h2-4H,5H2,1H3. The Morgan fingerprint density at radius 2 is 2.33 bits per heavy atom. The van der Waals surface area contributed by atoms with E-state index in [1.165, 1.54) is 0 Å². The third kappa shape index (κ3) is 1.73. The summed E-state index contributed by atoms with van der Waals surface area (Å²) in [6.07, 6.45) is 3.28. The monoisotopic (exact) mass is 265 g/mol. The predicted molar refractivity (Wildman–Crippen MR) is 62.0 cm³/mol. The van der Waals surface area contributed by atoms with Gasteiger partial charge >= 0.3 is 0 Å². The van der Waals surface area contributed by atoms with Gasteiger partial charge in [0.25, 0.3) is 0 Å². The van der Waals surface area contributed by atoms with Gasteiger partial charge in [0.2, 0.25) is 0 Å². The van der Waals surface area contributed by atoms with Gasteiger partial charge in [0, 0.05) is 25.6 Å². The normalized spacial score (nSPS) is 11.2. The third-order valence-corrected chi connectivity index (χ3v) is 2.63. The molecule has 0 spiro atoms. The second-order valence-corrected chi connectivity index (χ2v) is 3.90. The van der Waals surface area contributed by atoms with Gasteiger partial charge in [-0.2, -0.15) is 0 Å². The van der Waals surface area contributed by atoms with Gasteiger partial charge in [-0.25, -0.2) is 4.98 Å². The van der Waals surface area contributed by atoms with Gasteiger partial charge in [-0.05, 0) is 0 Å². The van der Waals surface area contributed by atoms with E-state index in [1.807, 2.05) is 0 Å². The van der Waals surface area contributed by atoms with Crippen LogP contribution in [0.25, 0.3) is 17.2 Å². The van der Waals surface area contributed by atoms with Crippen molar-refractivity contribution in [1.29, 1.82) is 0 Å². The van der Waals surface area contributed by atoms with E-state index in [-0.39, 0.29) is 5.15 Å². The predicted octanol–water partition coefficient (Wildman–Crippen LogP) is 1.58. The van der Waals surface area contributed by atoms with Crippen molar-refractivity contribution < 1.29 is 9.26 Å². The van der Waals surface area contributed by atoms with Gasteiger partial charge in [-0.1, -0.05) is 16.8 Å². The maximum atomic E-state index is 5.91. The van der Waals surface area contributed by atoms with E-state index in [2.05, 4.69) is 20.3 Å². The number of methoxy groups -OCH3 is 1. The van der Waals surface area contributed by atoms with E-state index < -0.39 is 0 Å². The molecule has 0 atom stereocenters. The van der Waals surface area contributed by atoms with Crippen molar-refractivity contribution in [3.05, 3.63) is 29.4 Å². The molecule has 3 aromatic rings. The summed E-state index contributed by atoms with van der Waals surface area (Å²) >= 11 is 5.91. The van der Waals surface area contributed by atoms with Crippen LogP contribution in [0.15, 0.2) is 23.0 Å². The van der Waals surface area contributed by atoms with E-state index in [1.54, 1.807) is 30.0 Å². The number of aromatic nitrogens is 5. The zero-order chi connectivity index (χ0) is 12.5. The van der Waals surface area contributed by atoms with Crippen LogP contribution in [-0.4, -0.2) is 31.8 Å². The van der Waals surface area contributed by atoms with E-state index in [4.69, 9.17) is 20.9 Å². The molecule has 0 radical (unpaired) electrons. The molecular weight excluding hydrogens is 258 g/mol. The van der Waals surface area contributed by atoms with Crippen LogP contribution in [0.4, 0.5) is 0 Å². The maximum Gasteiger partial charge on any atom is 0.198 e. The van der Waals surface area contributed by atoms with Crippen molar-refractivity contribution in [2.24, 2.45) is 0 Å². The van der Waals surface area contributed by atoms with Gasteiger partial charge in [0.15, 0.2) is 28.1 Å². The van der Waals surface area contributed by atoms with Crippen molar-refractivity contribution in [3.63, 3.8) is 0 Å². The Kier molecular flexibility index (Phi) is 2.69. The molecule has 8 heteroatoms.